The van der Waals surface area contributed by atoms with Gasteiger partial charge < -0.3 is 15.2 Å². The van der Waals surface area contributed by atoms with E-state index in [1.165, 1.54) is 32.1 Å². The molecule has 0 aromatic rings. The van der Waals surface area contributed by atoms with Crippen LogP contribution in [0.4, 0.5) is 0 Å². The second kappa shape index (κ2) is 8.97. The molecule has 1 aliphatic carbocycles. The lowest BCUT2D eigenvalue weighted by Crippen LogP contribution is -2.34. The number of hydrogen-bond donors (Lipinski definition) is 2. The predicted octanol–water partition coefficient (Wildman–Crippen LogP) is 1.94. The van der Waals surface area contributed by atoms with Gasteiger partial charge in [-0.15, -0.1) is 0 Å². The second-order valence-corrected chi connectivity index (χ2v) is 4.77. The Hall–Kier alpha value is -0.120. The number of aliphatic hydroxyl groups is 1. The first-order chi connectivity index (χ1) is 7.86. The molecular weight excluding hydrogens is 202 g/mol. The van der Waals surface area contributed by atoms with E-state index in [9.17, 15) is 0 Å². The van der Waals surface area contributed by atoms with E-state index in [1.807, 2.05) is 0 Å². The van der Waals surface area contributed by atoms with Crippen molar-refractivity contribution in [3.05, 3.63) is 0 Å². The fourth-order valence-electron chi connectivity index (χ4n) is 2.42. The third-order valence-electron chi connectivity index (χ3n) is 3.56. The summed E-state index contributed by atoms with van der Waals surface area (Å²) in [6.07, 6.45) is 7.88. The molecule has 3 nitrogen and oxygen atoms in total. The molecule has 96 valence electrons. The molecule has 1 aliphatic rings. The highest BCUT2D eigenvalue weighted by Gasteiger charge is 2.18. The van der Waals surface area contributed by atoms with Crippen LogP contribution in [-0.4, -0.2) is 37.5 Å². The Morgan fingerprint density at radius 1 is 1.19 bits per heavy atom. The highest BCUT2D eigenvalue weighted by molar-refractivity contribution is 4.76. The first-order valence-electron chi connectivity index (χ1n) is 6.78. The molecule has 0 heterocycles. The van der Waals surface area contributed by atoms with Crippen LogP contribution in [0.3, 0.4) is 0 Å². The fourth-order valence-corrected chi connectivity index (χ4v) is 2.42. The lowest BCUT2D eigenvalue weighted by Gasteiger charge is -2.28. The van der Waals surface area contributed by atoms with Gasteiger partial charge in [0, 0.05) is 12.6 Å². The summed E-state index contributed by atoms with van der Waals surface area (Å²) in [7, 11) is 0. The number of nitrogens with one attached hydrogen (secondary N) is 1. The van der Waals surface area contributed by atoms with E-state index < -0.39 is 0 Å². The van der Waals surface area contributed by atoms with Crippen LogP contribution in [0.2, 0.25) is 0 Å². The molecule has 0 unspecified atom stereocenters. The van der Waals surface area contributed by atoms with Gasteiger partial charge >= 0.3 is 0 Å². The van der Waals surface area contributed by atoms with Gasteiger partial charge in [0.25, 0.3) is 0 Å². The van der Waals surface area contributed by atoms with E-state index >= 15 is 0 Å². The van der Waals surface area contributed by atoms with Crippen molar-refractivity contribution >= 4 is 0 Å². The molecular formula is C13H27NO2. The van der Waals surface area contributed by atoms with Crippen LogP contribution in [0.25, 0.3) is 0 Å². The van der Waals surface area contributed by atoms with Crippen molar-refractivity contribution < 1.29 is 9.84 Å². The summed E-state index contributed by atoms with van der Waals surface area (Å²) in [4.78, 5) is 0. The van der Waals surface area contributed by atoms with E-state index in [1.54, 1.807) is 0 Å². The Bertz CT molecular complexity index is 156. The summed E-state index contributed by atoms with van der Waals surface area (Å²) >= 11 is 0. The maximum Gasteiger partial charge on any atom is 0.0697 e. The molecule has 0 aromatic carbocycles. The Morgan fingerprint density at radius 2 is 1.94 bits per heavy atom. The SMILES string of the molecule is CCC1CCC(NCCCOCCO)CC1. The first kappa shape index (κ1) is 13.9. The third kappa shape index (κ3) is 5.83. The fraction of sp³-hybridized carbons (Fsp3) is 1.00. The van der Waals surface area contributed by atoms with Crippen molar-refractivity contribution in [1.82, 2.24) is 5.32 Å². The summed E-state index contributed by atoms with van der Waals surface area (Å²) in [5, 5.41) is 12.1. The van der Waals surface area contributed by atoms with Gasteiger partial charge in [0.2, 0.25) is 0 Å². The topological polar surface area (TPSA) is 41.5 Å². The van der Waals surface area contributed by atoms with Crippen LogP contribution in [0, 0.1) is 5.92 Å². The maximum absolute atomic E-state index is 8.53. The summed E-state index contributed by atoms with van der Waals surface area (Å²) in [6.45, 7) is 4.72. The maximum atomic E-state index is 8.53. The minimum absolute atomic E-state index is 0.133. The first-order valence-corrected chi connectivity index (χ1v) is 6.78. The normalized spacial score (nSPS) is 25.9. The monoisotopic (exact) mass is 229 g/mol. The van der Waals surface area contributed by atoms with Crippen molar-refractivity contribution in [2.45, 2.75) is 51.5 Å². The highest BCUT2D eigenvalue weighted by Crippen LogP contribution is 2.26. The molecule has 0 aromatic heterocycles. The standard InChI is InChI=1S/C13H27NO2/c1-2-12-4-6-13(7-5-12)14-8-3-10-16-11-9-15/h12-15H,2-11H2,1H3. The van der Waals surface area contributed by atoms with Gasteiger partial charge in [0.1, 0.15) is 0 Å². The van der Waals surface area contributed by atoms with Gasteiger partial charge in [-0.2, -0.15) is 0 Å². The lowest BCUT2D eigenvalue weighted by atomic mass is 9.84. The molecule has 1 saturated carbocycles. The molecule has 3 heteroatoms. The Labute approximate surface area is 99.6 Å². The van der Waals surface area contributed by atoms with Gasteiger partial charge in [-0.25, -0.2) is 0 Å². The van der Waals surface area contributed by atoms with Crippen molar-refractivity contribution in [2.75, 3.05) is 26.4 Å². The van der Waals surface area contributed by atoms with Gasteiger partial charge in [-0.3, -0.25) is 0 Å². The molecule has 0 amide bonds. The smallest absolute Gasteiger partial charge is 0.0697 e. The molecule has 0 radical (unpaired) electrons. The third-order valence-corrected chi connectivity index (χ3v) is 3.56. The Balaban J connectivity index is 1.90. The zero-order valence-corrected chi connectivity index (χ0v) is 10.6. The van der Waals surface area contributed by atoms with Gasteiger partial charge in [-0.05, 0) is 44.6 Å². The van der Waals surface area contributed by atoms with Crippen LogP contribution in [-0.2, 0) is 4.74 Å². The summed E-state index contributed by atoms with van der Waals surface area (Å²) in [5.41, 5.74) is 0. The minimum atomic E-state index is 0.133. The van der Waals surface area contributed by atoms with Gasteiger partial charge in [0.15, 0.2) is 0 Å². The van der Waals surface area contributed by atoms with Crippen LogP contribution >= 0.6 is 0 Å². The van der Waals surface area contributed by atoms with Crippen LogP contribution in [0.15, 0.2) is 0 Å². The summed E-state index contributed by atoms with van der Waals surface area (Å²) in [5.74, 6) is 0.978. The number of aliphatic hydroxyl groups excluding tert-OH is 1. The summed E-state index contributed by atoms with van der Waals surface area (Å²) < 4.78 is 5.22. The summed E-state index contributed by atoms with van der Waals surface area (Å²) in [6, 6.07) is 0.737. The second-order valence-electron chi connectivity index (χ2n) is 4.77. The number of rotatable bonds is 8. The Kier molecular flexibility index (Phi) is 7.81. The minimum Gasteiger partial charge on any atom is -0.394 e. The molecule has 0 bridgehead atoms. The van der Waals surface area contributed by atoms with Crippen molar-refractivity contribution in [3.63, 3.8) is 0 Å². The molecule has 0 aliphatic heterocycles. The van der Waals surface area contributed by atoms with E-state index in [2.05, 4.69) is 12.2 Å². The average Bonchev–Trinajstić information content (AvgIpc) is 2.34. The van der Waals surface area contributed by atoms with E-state index in [0.717, 1.165) is 31.5 Å². The van der Waals surface area contributed by atoms with Gasteiger partial charge in [-0.1, -0.05) is 13.3 Å². The average molecular weight is 229 g/mol. The molecule has 2 N–H and O–H groups in total. The highest BCUT2D eigenvalue weighted by atomic mass is 16.5. The molecule has 1 fully saturated rings. The molecule has 0 atom stereocenters. The molecule has 0 spiro atoms. The van der Waals surface area contributed by atoms with Crippen molar-refractivity contribution in [1.29, 1.82) is 0 Å². The van der Waals surface area contributed by atoms with Crippen LogP contribution in [0.5, 0.6) is 0 Å². The van der Waals surface area contributed by atoms with E-state index in [4.69, 9.17) is 9.84 Å². The molecule has 1 rings (SSSR count). The quantitative estimate of drug-likeness (QED) is 0.625. The Morgan fingerprint density at radius 3 is 2.56 bits per heavy atom. The largest absolute Gasteiger partial charge is 0.394 e. The van der Waals surface area contributed by atoms with Gasteiger partial charge in [0.05, 0.1) is 13.2 Å². The predicted molar refractivity (Wildman–Crippen MR) is 66.6 cm³/mol. The molecule has 16 heavy (non-hydrogen) atoms. The zero-order valence-electron chi connectivity index (χ0n) is 10.6. The number of hydrogen-bond acceptors (Lipinski definition) is 3. The number of ether oxygens (including phenoxy) is 1. The van der Waals surface area contributed by atoms with E-state index in [-0.39, 0.29) is 6.61 Å². The van der Waals surface area contributed by atoms with Crippen molar-refractivity contribution in [2.24, 2.45) is 5.92 Å². The lowest BCUT2D eigenvalue weighted by molar-refractivity contribution is 0.0900. The van der Waals surface area contributed by atoms with Crippen molar-refractivity contribution in [3.8, 4) is 0 Å². The van der Waals surface area contributed by atoms with Crippen LogP contribution < -0.4 is 5.32 Å². The molecule has 0 saturated heterocycles. The zero-order chi connectivity index (χ0) is 11.6. The van der Waals surface area contributed by atoms with E-state index in [0.29, 0.717) is 6.61 Å². The van der Waals surface area contributed by atoms with Crippen LogP contribution in [0.1, 0.15) is 45.4 Å².